The van der Waals surface area contributed by atoms with Crippen LogP contribution in [0, 0.1) is 0 Å². The van der Waals surface area contributed by atoms with Gasteiger partial charge in [0.2, 0.25) is 0 Å². The van der Waals surface area contributed by atoms with Crippen molar-refractivity contribution in [3.8, 4) is 0 Å². The number of nitrogens with two attached hydrogens (primary N) is 1. The van der Waals surface area contributed by atoms with Crippen molar-refractivity contribution < 1.29 is 37.6 Å². The van der Waals surface area contributed by atoms with E-state index in [0.717, 1.165) is 32.1 Å². The monoisotopic (exact) mass is 798 g/mol. The molecule has 0 rings (SSSR count). The van der Waals surface area contributed by atoms with Gasteiger partial charge < -0.3 is 20.1 Å². The Morgan fingerprint density at radius 3 is 1.49 bits per heavy atom. The zero-order chi connectivity index (χ0) is 40.3. The van der Waals surface area contributed by atoms with Gasteiger partial charge in [-0.1, -0.05) is 185 Å². The van der Waals surface area contributed by atoms with Crippen LogP contribution in [0.15, 0.2) is 36.5 Å². The van der Waals surface area contributed by atoms with Gasteiger partial charge in [-0.25, -0.2) is 9.36 Å². The van der Waals surface area contributed by atoms with Crippen LogP contribution in [0.3, 0.4) is 0 Å². The molecule has 0 radical (unpaired) electrons. The standard InChI is InChI=1S/C45H84NO8P/c1-3-5-7-9-11-13-15-17-19-20-21-22-24-26-28-30-32-34-36-38-45(48)54-43(42-53-55(49,50)52-40-39-46)41-51-44(47)37-35-33-31-29-27-25-23-18-16-14-12-10-8-6-4-2/h17,19,31,33,35,37,43H,3-16,18,20-30,32,34,36,38-42,46H2,1-2H3,(H,49,50)/b19-17+,33-31+,37-35+/t43-/m1/s1. The largest absolute Gasteiger partial charge is 0.472 e. The van der Waals surface area contributed by atoms with Gasteiger partial charge in [0.15, 0.2) is 6.10 Å². The van der Waals surface area contributed by atoms with E-state index in [1.807, 2.05) is 12.2 Å². The fraction of sp³-hybridized carbons (Fsp3) is 0.822. The number of esters is 2. The molecule has 0 aromatic carbocycles. The van der Waals surface area contributed by atoms with Crippen LogP contribution in [-0.2, 0) is 32.7 Å². The van der Waals surface area contributed by atoms with E-state index in [2.05, 4.69) is 26.0 Å². The van der Waals surface area contributed by atoms with Crippen molar-refractivity contribution in [3.05, 3.63) is 36.5 Å². The summed E-state index contributed by atoms with van der Waals surface area (Å²) in [6, 6.07) is 0. The molecule has 10 heteroatoms. The fourth-order valence-electron chi connectivity index (χ4n) is 6.25. The molecular weight excluding hydrogens is 713 g/mol. The quantitative estimate of drug-likeness (QED) is 0.0154. The minimum absolute atomic E-state index is 0.0429. The number of carbonyl (C=O) groups is 2. The Morgan fingerprint density at radius 2 is 1.02 bits per heavy atom. The Hall–Kier alpha value is -1.77. The van der Waals surface area contributed by atoms with E-state index in [9.17, 15) is 19.0 Å². The Morgan fingerprint density at radius 1 is 0.582 bits per heavy atom. The van der Waals surface area contributed by atoms with Gasteiger partial charge in [0.25, 0.3) is 0 Å². The summed E-state index contributed by atoms with van der Waals surface area (Å²) >= 11 is 0. The molecule has 0 bridgehead atoms. The number of phosphoric acid groups is 1. The predicted octanol–water partition coefficient (Wildman–Crippen LogP) is 12.9. The molecule has 0 aliphatic rings. The highest BCUT2D eigenvalue weighted by Crippen LogP contribution is 2.43. The van der Waals surface area contributed by atoms with Crippen LogP contribution in [0.4, 0.5) is 0 Å². The second-order valence-electron chi connectivity index (χ2n) is 15.0. The lowest BCUT2D eigenvalue weighted by molar-refractivity contribution is -0.159. The Labute approximate surface area is 337 Å². The van der Waals surface area contributed by atoms with Gasteiger partial charge in [-0.15, -0.1) is 0 Å². The van der Waals surface area contributed by atoms with Crippen LogP contribution >= 0.6 is 7.82 Å². The highest BCUT2D eigenvalue weighted by atomic mass is 31.2. The molecule has 0 heterocycles. The molecule has 9 nitrogen and oxygen atoms in total. The lowest BCUT2D eigenvalue weighted by atomic mass is 10.1. The van der Waals surface area contributed by atoms with Crippen LogP contribution in [0.2, 0.25) is 0 Å². The highest BCUT2D eigenvalue weighted by Gasteiger charge is 2.25. The summed E-state index contributed by atoms with van der Waals surface area (Å²) in [7, 11) is -4.40. The second-order valence-corrected chi connectivity index (χ2v) is 16.4. The zero-order valence-electron chi connectivity index (χ0n) is 35.4. The summed E-state index contributed by atoms with van der Waals surface area (Å²) in [5.74, 6) is -1.08. The molecule has 1 unspecified atom stereocenters. The van der Waals surface area contributed by atoms with Crippen LogP contribution in [-0.4, -0.2) is 49.3 Å². The molecule has 0 saturated heterocycles. The van der Waals surface area contributed by atoms with Gasteiger partial charge in [-0.3, -0.25) is 13.8 Å². The van der Waals surface area contributed by atoms with Gasteiger partial charge >= 0.3 is 19.8 Å². The van der Waals surface area contributed by atoms with Crippen molar-refractivity contribution >= 4 is 19.8 Å². The van der Waals surface area contributed by atoms with Gasteiger partial charge in [0.1, 0.15) is 6.61 Å². The smallest absolute Gasteiger partial charge is 0.458 e. The van der Waals surface area contributed by atoms with Crippen molar-refractivity contribution in [2.24, 2.45) is 5.73 Å². The van der Waals surface area contributed by atoms with E-state index in [-0.39, 0.29) is 26.2 Å². The third-order valence-electron chi connectivity index (χ3n) is 9.60. The predicted molar refractivity (Wildman–Crippen MR) is 229 cm³/mol. The molecule has 0 aliphatic heterocycles. The molecule has 2 atom stereocenters. The molecule has 0 spiro atoms. The maximum atomic E-state index is 12.6. The molecule has 3 N–H and O–H groups in total. The van der Waals surface area contributed by atoms with Crippen LogP contribution < -0.4 is 5.73 Å². The third-order valence-corrected chi connectivity index (χ3v) is 10.6. The van der Waals surface area contributed by atoms with Crippen molar-refractivity contribution in [3.63, 3.8) is 0 Å². The number of ether oxygens (including phenoxy) is 2. The average Bonchev–Trinajstić information content (AvgIpc) is 3.17. The van der Waals surface area contributed by atoms with E-state index in [4.69, 9.17) is 24.3 Å². The van der Waals surface area contributed by atoms with E-state index < -0.39 is 32.5 Å². The number of allylic oxidation sites excluding steroid dienone is 5. The summed E-state index contributed by atoms with van der Waals surface area (Å²) < 4.78 is 32.6. The minimum Gasteiger partial charge on any atom is -0.458 e. The Balaban J connectivity index is 4.20. The number of phosphoric ester groups is 1. The molecule has 0 saturated carbocycles. The second kappa shape index (κ2) is 41.9. The molecule has 0 fully saturated rings. The molecular formula is C45H84NO8P. The summed E-state index contributed by atoms with van der Waals surface area (Å²) in [4.78, 5) is 34.8. The number of hydrogen-bond donors (Lipinski definition) is 2. The van der Waals surface area contributed by atoms with Crippen LogP contribution in [0.5, 0.6) is 0 Å². The first-order valence-electron chi connectivity index (χ1n) is 22.5. The van der Waals surface area contributed by atoms with Crippen molar-refractivity contribution in [2.45, 2.75) is 213 Å². The first-order valence-corrected chi connectivity index (χ1v) is 24.0. The molecule has 0 aromatic rings. The van der Waals surface area contributed by atoms with Gasteiger partial charge in [-0.2, -0.15) is 0 Å². The number of carbonyl (C=O) groups excluding carboxylic acids is 2. The maximum Gasteiger partial charge on any atom is 0.472 e. The zero-order valence-corrected chi connectivity index (χ0v) is 36.3. The maximum absolute atomic E-state index is 12.6. The SMILES string of the molecule is CCCCCCCC/C=C/CCCCCCCCCCCC(=O)O[C@H](COC(=O)/C=C/C=C/CCCCCCCCCCCCC)COP(=O)(O)OCCN. The molecule has 0 amide bonds. The molecule has 55 heavy (non-hydrogen) atoms. The van der Waals surface area contributed by atoms with Gasteiger partial charge in [0.05, 0.1) is 13.2 Å². The van der Waals surface area contributed by atoms with Gasteiger partial charge in [-0.05, 0) is 44.9 Å². The van der Waals surface area contributed by atoms with Crippen LogP contribution in [0.25, 0.3) is 0 Å². The normalized spacial score (nSPS) is 13.6. The Kier molecular flexibility index (Phi) is 40.5. The third kappa shape index (κ3) is 41.7. The first kappa shape index (κ1) is 53.2. The minimum atomic E-state index is -4.40. The van der Waals surface area contributed by atoms with E-state index in [1.54, 1.807) is 6.08 Å². The first-order chi connectivity index (χ1) is 26.8. The van der Waals surface area contributed by atoms with E-state index in [0.29, 0.717) is 6.42 Å². The Bertz CT molecular complexity index is 1000. The lowest BCUT2D eigenvalue weighted by Gasteiger charge is -2.19. The summed E-state index contributed by atoms with van der Waals surface area (Å²) in [6.45, 7) is 3.61. The highest BCUT2D eigenvalue weighted by molar-refractivity contribution is 7.47. The summed E-state index contributed by atoms with van der Waals surface area (Å²) in [5, 5.41) is 0. The number of unbranched alkanes of at least 4 members (excludes halogenated alkanes) is 26. The van der Waals surface area contributed by atoms with Crippen LogP contribution in [0.1, 0.15) is 206 Å². The molecule has 322 valence electrons. The summed E-state index contributed by atoms with van der Waals surface area (Å²) in [6.07, 6.45) is 46.6. The lowest BCUT2D eigenvalue weighted by Crippen LogP contribution is -2.29. The number of hydrogen-bond acceptors (Lipinski definition) is 8. The fourth-order valence-corrected chi connectivity index (χ4v) is 7.01. The molecule has 0 aliphatic carbocycles. The van der Waals surface area contributed by atoms with Crippen molar-refractivity contribution in [1.29, 1.82) is 0 Å². The van der Waals surface area contributed by atoms with Crippen molar-refractivity contribution in [1.82, 2.24) is 0 Å². The van der Waals surface area contributed by atoms with Crippen molar-refractivity contribution in [2.75, 3.05) is 26.4 Å². The van der Waals surface area contributed by atoms with E-state index in [1.165, 1.54) is 154 Å². The average molecular weight is 798 g/mol. The molecule has 0 aromatic heterocycles. The topological polar surface area (TPSA) is 134 Å². The van der Waals surface area contributed by atoms with E-state index >= 15 is 0 Å². The van der Waals surface area contributed by atoms with Gasteiger partial charge in [0, 0.05) is 19.0 Å². The summed E-state index contributed by atoms with van der Waals surface area (Å²) in [5.41, 5.74) is 5.34. The number of rotatable bonds is 42.